The Kier molecular flexibility index (Phi) is 5.30. The molecule has 5 heteroatoms. The zero-order valence-corrected chi connectivity index (χ0v) is 15.3. The molecule has 1 aliphatic heterocycles. The topological polar surface area (TPSA) is 58.6 Å². The summed E-state index contributed by atoms with van der Waals surface area (Å²) in [5.41, 5.74) is 2.55. The van der Waals surface area contributed by atoms with E-state index in [0.29, 0.717) is 5.92 Å². The third-order valence-electron chi connectivity index (χ3n) is 5.63. The van der Waals surface area contributed by atoms with Gasteiger partial charge in [0.05, 0.1) is 7.11 Å². The van der Waals surface area contributed by atoms with Gasteiger partial charge in [-0.25, -0.2) is 4.79 Å². The summed E-state index contributed by atoms with van der Waals surface area (Å²) in [5, 5.41) is 2.83. The quantitative estimate of drug-likeness (QED) is 0.914. The fraction of sp³-hybridized carbons (Fsp3) is 0.600. The minimum atomic E-state index is -0.533. The second-order valence-corrected chi connectivity index (χ2v) is 7.54. The van der Waals surface area contributed by atoms with Gasteiger partial charge in [0.1, 0.15) is 6.04 Å². The maximum absolute atomic E-state index is 13.3. The molecule has 1 aromatic carbocycles. The van der Waals surface area contributed by atoms with Gasteiger partial charge >= 0.3 is 6.09 Å². The van der Waals surface area contributed by atoms with E-state index in [4.69, 9.17) is 4.74 Å². The molecule has 1 heterocycles. The van der Waals surface area contributed by atoms with Crippen LogP contribution in [0.3, 0.4) is 0 Å². The number of methoxy groups -OCH3 is 1. The Balaban J connectivity index is 1.80. The molecule has 2 aliphatic rings. The van der Waals surface area contributed by atoms with Crippen molar-refractivity contribution in [1.82, 2.24) is 10.2 Å². The fourth-order valence-corrected chi connectivity index (χ4v) is 4.33. The van der Waals surface area contributed by atoms with Crippen molar-refractivity contribution in [2.24, 2.45) is 11.8 Å². The molecule has 0 bridgehead atoms. The summed E-state index contributed by atoms with van der Waals surface area (Å²) in [6, 6.07) is 8.02. The van der Waals surface area contributed by atoms with Gasteiger partial charge in [-0.05, 0) is 48.6 Å². The summed E-state index contributed by atoms with van der Waals surface area (Å²) >= 11 is 0. The second kappa shape index (κ2) is 7.46. The number of likely N-dealkylation sites (tertiary alicyclic amines) is 1. The van der Waals surface area contributed by atoms with Crippen LogP contribution in [0.25, 0.3) is 0 Å². The molecule has 1 N–H and O–H groups in total. The number of alkyl carbamates (subject to hydrolysis) is 1. The summed E-state index contributed by atoms with van der Waals surface area (Å²) in [6.45, 7) is 5.09. The largest absolute Gasteiger partial charge is 0.453 e. The first-order valence-electron chi connectivity index (χ1n) is 9.23. The molecule has 2 atom stereocenters. The number of nitrogens with zero attached hydrogens (tertiary/aromatic N) is 1. The smallest absolute Gasteiger partial charge is 0.407 e. The first-order valence-corrected chi connectivity index (χ1v) is 9.23. The molecule has 2 amide bonds. The van der Waals surface area contributed by atoms with Gasteiger partial charge in [-0.15, -0.1) is 0 Å². The highest BCUT2D eigenvalue weighted by Crippen LogP contribution is 2.31. The Bertz CT molecular complexity index is 619. The van der Waals surface area contributed by atoms with Crippen molar-refractivity contribution in [3.05, 3.63) is 35.4 Å². The van der Waals surface area contributed by atoms with Gasteiger partial charge in [0.25, 0.3) is 0 Å². The first-order chi connectivity index (χ1) is 12.0. The van der Waals surface area contributed by atoms with Crippen LogP contribution < -0.4 is 5.32 Å². The lowest BCUT2D eigenvalue weighted by Gasteiger charge is -2.33. The molecule has 136 valence electrons. The van der Waals surface area contributed by atoms with Crippen LogP contribution in [0.2, 0.25) is 0 Å². The average molecular weight is 344 g/mol. The zero-order chi connectivity index (χ0) is 18.0. The standard InChI is InChI=1S/C20H28N2O3/c1-13(2)17-9-6-10-22(17)19(23)18(21-20(24)25-3)16-11-14-7-4-5-8-15(14)12-16/h4-5,7-8,13,16-18H,6,9-12H2,1-3H3,(H,21,24)/t17-,18-/m0/s1. The molecule has 1 saturated heterocycles. The van der Waals surface area contributed by atoms with E-state index in [1.165, 1.54) is 18.2 Å². The van der Waals surface area contributed by atoms with Crippen molar-refractivity contribution in [3.8, 4) is 0 Å². The van der Waals surface area contributed by atoms with Crippen molar-refractivity contribution in [2.75, 3.05) is 13.7 Å². The number of nitrogens with one attached hydrogen (secondary N) is 1. The van der Waals surface area contributed by atoms with Crippen molar-refractivity contribution in [1.29, 1.82) is 0 Å². The van der Waals surface area contributed by atoms with Crippen molar-refractivity contribution in [3.63, 3.8) is 0 Å². The Morgan fingerprint density at radius 3 is 2.40 bits per heavy atom. The maximum atomic E-state index is 13.3. The lowest BCUT2D eigenvalue weighted by Crippen LogP contribution is -2.54. The highest BCUT2D eigenvalue weighted by Gasteiger charge is 2.40. The maximum Gasteiger partial charge on any atom is 0.407 e. The molecule has 0 saturated carbocycles. The van der Waals surface area contributed by atoms with E-state index in [1.54, 1.807) is 0 Å². The van der Waals surface area contributed by atoms with Crippen LogP contribution >= 0.6 is 0 Å². The van der Waals surface area contributed by atoms with E-state index in [0.717, 1.165) is 32.2 Å². The van der Waals surface area contributed by atoms with Crippen LogP contribution in [-0.2, 0) is 22.4 Å². The molecule has 3 rings (SSSR count). The van der Waals surface area contributed by atoms with Gasteiger partial charge in [-0.1, -0.05) is 38.1 Å². The van der Waals surface area contributed by atoms with Crippen LogP contribution in [-0.4, -0.2) is 42.6 Å². The molecule has 5 nitrogen and oxygen atoms in total. The van der Waals surface area contributed by atoms with Crippen LogP contribution in [0.1, 0.15) is 37.8 Å². The summed E-state index contributed by atoms with van der Waals surface area (Å²) in [7, 11) is 1.34. The van der Waals surface area contributed by atoms with Crippen LogP contribution in [0.5, 0.6) is 0 Å². The van der Waals surface area contributed by atoms with Gasteiger partial charge in [-0.3, -0.25) is 4.79 Å². The minimum Gasteiger partial charge on any atom is -0.453 e. The van der Waals surface area contributed by atoms with Crippen molar-refractivity contribution < 1.29 is 14.3 Å². The van der Waals surface area contributed by atoms with Gasteiger partial charge in [-0.2, -0.15) is 0 Å². The van der Waals surface area contributed by atoms with Gasteiger partial charge in [0.15, 0.2) is 0 Å². The van der Waals surface area contributed by atoms with Gasteiger partial charge < -0.3 is 15.0 Å². The number of fused-ring (bicyclic) bond motifs is 1. The van der Waals surface area contributed by atoms with E-state index in [9.17, 15) is 9.59 Å². The highest BCUT2D eigenvalue weighted by atomic mass is 16.5. The van der Waals surface area contributed by atoms with E-state index in [2.05, 4.69) is 31.3 Å². The molecule has 0 aromatic heterocycles. The third-order valence-corrected chi connectivity index (χ3v) is 5.63. The molecule has 0 radical (unpaired) electrons. The van der Waals surface area contributed by atoms with E-state index < -0.39 is 12.1 Å². The molecule has 1 aliphatic carbocycles. The fourth-order valence-electron chi connectivity index (χ4n) is 4.33. The van der Waals surface area contributed by atoms with Gasteiger partial charge in [0, 0.05) is 12.6 Å². The lowest BCUT2D eigenvalue weighted by atomic mass is 9.94. The van der Waals surface area contributed by atoms with Gasteiger partial charge in [0.2, 0.25) is 5.91 Å². The molecular weight excluding hydrogens is 316 g/mol. The molecule has 0 unspecified atom stereocenters. The summed E-state index contributed by atoms with van der Waals surface area (Å²) in [4.78, 5) is 27.2. The molecule has 0 spiro atoms. The average Bonchev–Trinajstić information content (AvgIpc) is 3.25. The highest BCUT2D eigenvalue weighted by molar-refractivity contribution is 5.86. The predicted molar refractivity (Wildman–Crippen MR) is 96.2 cm³/mol. The summed E-state index contributed by atoms with van der Waals surface area (Å²) in [6.07, 6.45) is 3.17. The number of ether oxygens (including phenoxy) is 1. The first kappa shape index (κ1) is 17.8. The number of hydrogen-bond acceptors (Lipinski definition) is 3. The number of benzene rings is 1. The molecule has 25 heavy (non-hydrogen) atoms. The number of hydrogen-bond donors (Lipinski definition) is 1. The van der Waals surface area contributed by atoms with Crippen LogP contribution in [0, 0.1) is 11.8 Å². The number of carbonyl (C=O) groups excluding carboxylic acids is 2. The Hall–Kier alpha value is -2.04. The monoisotopic (exact) mass is 344 g/mol. The third kappa shape index (κ3) is 3.65. The normalized spacial score (nSPS) is 21.3. The van der Waals surface area contributed by atoms with Crippen molar-refractivity contribution in [2.45, 2.75) is 51.6 Å². The Morgan fingerprint density at radius 1 is 1.20 bits per heavy atom. The zero-order valence-electron chi connectivity index (χ0n) is 15.3. The van der Waals surface area contributed by atoms with E-state index in [1.807, 2.05) is 17.0 Å². The second-order valence-electron chi connectivity index (χ2n) is 7.54. The lowest BCUT2D eigenvalue weighted by molar-refractivity contribution is -0.136. The SMILES string of the molecule is COC(=O)N[C@H](C(=O)N1CCC[C@H]1C(C)C)C1Cc2ccccc2C1. The number of rotatable bonds is 4. The predicted octanol–water partition coefficient (Wildman–Crippen LogP) is 2.77. The van der Waals surface area contributed by atoms with E-state index >= 15 is 0 Å². The van der Waals surface area contributed by atoms with Crippen LogP contribution in [0.4, 0.5) is 4.79 Å². The summed E-state index contributed by atoms with van der Waals surface area (Å²) in [5.74, 6) is 0.544. The number of amides is 2. The van der Waals surface area contributed by atoms with Crippen molar-refractivity contribution >= 4 is 12.0 Å². The number of carbonyl (C=O) groups is 2. The molecular formula is C20H28N2O3. The van der Waals surface area contributed by atoms with E-state index in [-0.39, 0.29) is 17.9 Å². The van der Waals surface area contributed by atoms with Crippen LogP contribution in [0.15, 0.2) is 24.3 Å². The minimum absolute atomic E-state index is 0.0411. The Morgan fingerprint density at radius 2 is 1.84 bits per heavy atom. The Labute approximate surface area is 149 Å². The molecule has 1 aromatic rings. The summed E-state index contributed by atoms with van der Waals surface area (Å²) < 4.78 is 4.78. The molecule has 1 fully saturated rings.